The highest BCUT2D eigenvalue weighted by Crippen LogP contribution is 2.17. The first-order valence-electron chi connectivity index (χ1n) is 6.98. The Bertz CT molecular complexity index is 482. The number of amides is 1. The lowest BCUT2D eigenvalue weighted by molar-refractivity contribution is -0.117. The molecule has 110 valence electrons. The summed E-state index contributed by atoms with van der Waals surface area (Å²) in [5.74, 6) is 0.0296. The van der Waals surface area contributed by atoms with Crippen molar-refractivity contribution >= 4 is 11.6 Å². The van der Waals surface area contributed by atoms with Crippen LogP contribution in [0.15, 0.2) is 18.2 Å². The normalized spacial score (nSPS) is 23.6. The Morgan fingerprint density at radius 2 is 2.25 bits per heavy atom. The molecule has 1 fully saturated rings. The van der Waals surface area contributed by atoms with E-state index in [2.05, 4.69) is 17.1 Å². The molecule has 0 aliphatic carbocycles. The third kappa shape index (κ3) is 4.02. The van der Waals surface area contributed by atoms with Crippen molar-refractivity contribution in [2.24, 2.45) is 11.7 Å². The Morgan fingerprint density at radius 1 is 1.50 bits per heavy atom. The molecule has 0 radical (unpaired) electrons. The van der Waals surface area contributed by atoms with E-state index >= 15 is 0 Å². The van der Waals surface area contributed by atoms with Gasteiger partial charge in [-0.3, -0.25) is 9.69 Å². The predicted molar refractivity (Wildman–Crippen MR) is 78.0 cm³/mol. The zero-order valence-corrected chi connectivity index (χ0v) is 12.0. The Balaban J connectivity index is 1.93. The van der Waals surface area contributed by atoms with Gasteiger partial charge in [0.2, 0.25) is 5.91 Å². The third-order valence-electron chi connectivity index (χ3n) is 3.61. The molecule has 2 atom stereocenters. The van der Waals surface area contributed by atoms with Gasteiger partial charge in [-0.1, -0.05) is 13.0 Å². The van der Waals surface area contributed by atoms with Crippen LogP contribution >= 0.6 is 0 Å². The second-order valence-electron chi connectivity index (χ2n) is 5.80. The van der Waals surface area contributed by atoms with Crippen LogP contribution in [-0.2, 0) is 4.79 Å². The fraction of sp³-hybridized carbons (Fsp3) is 0.533. The fourth-order valence-corrected chi connectivity index (χ4v) is 2.76. The van der Waals surface area contributed by atoms with Gasteiger partial charge in [0.15, 0.2) is 0 Å². The van der Waals surface area contributed by atoms with E-state index in [1.165, 1.54) is 12.1 Å². The van der Waals surface area contributed by atoms with E-state index in [1.807, 2.05) is 6.92 Å². The van der Waals surface area contributed by atoms with Crippen molar-refractivity contribution in [3.05, 3.63) is 29.6 Å². The van der Waals surface area contributed by atoms with E-state index in [-0.39, 0.29) is 17.8 Å². The zero-order valence-electron chi connectivity index (χ0n) is 12.0. The monoisotopic (exact) mass is 279 g/mol. The van der Waals surface area contributed by atoms with Gasteiger partial charge in [0, 0.05) is 24.8 Å². The van der Waals surface area contributed by atoms with Crippen molar-refractivity contribution in [2.75, 3.05) is 25.0 Å². The molecule has 0 aromatic heterocycles. The molecule has 20 heavy (non-hydrogen) atoms. The van der Waals surface area contributed by atoms with Gasteiger partial charge in [-0.2, -0.15) is 0 Å². The number of likely N-dealkylation sites (tertiary alicyclic amines) is 1. The van der Waals surface area contributed by atoms with Crippen molar-refractivity contribution in [3.63, 3.8) is 0 Å². The van der Waals surface area contributed by atoms with Gasteiger partial charge >= 0.3 is 0 Å². The maximum Gasteiger partial charge on any atom is 0.238 e. The summed E-state index contributed by atoms with van der Waals surface area (Å²) in [4.78, 5) is 14.1. The number of carbonyl (C=O) groups is 1. The highest BCUT2D eigenvalue weighted by Gasteiger charge is 2.23. The van der Waals surface area contributed by atoms with Crippen molar-refractivity contribution in [2.45, 2.75) is 26.3 Å². The summed E-state index contributed by atoms with van der Waals surface area (Å²) >= 11 is 0. The number of anilines is 1. The molecule has 1 aliphatic heterocycles. The van der Waals surface area contributed by atoms with Crippen LogP contribution in [0.5, 0.6) is 0 Å². The molecule has 1 amide bonds. The molecule has 3 N–H and O–H groups in total. The molecular weight excluding hydrogens is 257 g/mol. The summed E-state index contributed by atoms with van der Waals surface area (Å²) in [7, 11) is 0. The van der Waals surface area contributed by atoms with Crippen molar-refractivity contribution in [3.8, 4) is 0 Å². The standard InChI is InChI=1S/C15H22FN3O/c1-10-5-13(17)8-19(7-10)9-15(20)18-14-6-12(16)4-3-11(14)2/h3-4,6,10,13H,5,7-9,17H2,1-2H3,(H,18,20). The van der Waals surface area contributed by atoms with Gasteiger partial charge in [0.1, 0.15) is 5.82 Å². The molecule has 1 aromatic rings. The van der Waals surface area contributed by atoms with Crippen LogP contribution in [0.1, 0.15) is 18.9 Å². The highest BCUT2D eigenvalue weighted by molar-refractivity contribution is 5.92. The van der Waals surface area contributed by atoms with E-state index in [4.69, 9.17) is 5.73 Å². The molecule has 0 bridgehead atoms. The molecule has 2 rings (SSSR count). The topological polar surface area (TPSA) is 58.4 Å². The number of piperidine rings is 1. The highest BCUT2D eigenvalue weighted by atomic mass is 19.1. The first kappa shape index (κ1) is 14.9. The second kappa shape index (κ2) is 6.33. The first-order valence-corrected chi connectivity index (χ1v) is 6.98. The van der Waals surface area contributed by atoms with Crippen molar-refractivity contribution in [1.29, 1.82) is 0 Å². The second-order valence-corrected chi connectivity index (χ2v) is 5.80. The molecule has 4 nitrogen and oxygen atoms in total. The van der Waals surface area contributed by atoms with Crippen LogP contribution in [0.2, 0.25) is 0 Å². The van der Waals surface area contributed by atoms with Crippen molar-refractivity contribution in [1.82, 2.24) is 4.90 Å². The van der Waals surface area contributed by atoms with Crippen LogP contribution in [0.4, 0.5) is 10.1 Å². The number of nitrogens with one attached hydrogen (secondary N) is 1. The minimum atomic E-state index is -0.348. The van der Waals surface area contributed by atoms with Crippen LogP contribution in [0.25, 0.3) is 0 Å². The van der Waals surface area contributed by atoms with E-state index < -0.39 is 0 Å². The quantitative estimate of drug-likeness (QED) is 0.886. The molecule has 0 spiro atoms. The predicted octanol–water partition coefficient (Wildman–Crippen LogP) is 1.74. The SMILES string of the molecule is Cc1ccc(F)cc1NC(=O)CN1CC(C)CC(N)C1. The maximum absolute atomic E-state index is 13.2. The first-order chi connectivity index (χ1) is 9.44. The molecule has 2 unspecified atom stereocenters. The van der Waals surface area contributed by atoms with Crippen LogP contribution in [-0.4, -0.2) is 36.5 Å². The van der Waals surface area contributed by atoms with Gasteiger partial charge in [-0.05, 0) is 37.0 Å². The molecule has 0 saturated carbocycles. The van der Waals surface area contributed by atoms with Gasteiger partial charge in [-0.25, -0.2) is 4.39 Å². The van der Waals surface area contributed by atoms with Crippen molar-refractivity contribution < 1.29 is 9.18 Å². The average Bonchev–Trinajstić information content (AvgIpc) is 2.32. The number of aryl methyl sites for hydroxylation is 1. The Morgan fingerprint density at radius 3 is 2.95 bits per heavy atom. The molecule has 1 aromatic carbocycles. The minimum Gasteiger partial charge on any atom is -0.327 e. The fourth-order valence-electron chi connectivity index (χ4n) is 2.76. The van der Waals surface area contributed by atoms with Crippen LogP contribution in [0.3, 0.4) is 0 Å². The number of benzene rings is 1. The van der Waals surface area contributed by atoms with Crippen LogP contribution in [0, 0.1) is 18.7 Å². The van der Waals surface area contributed by atoms with E-state index in [1.54, 1.807) is 6.07 Å². The van der Waals surface area contributed by atoms with Gasteiger partial charge < -0.3 is 11.1 Å². The maximum atomic E-state index is 13.2. The van der Waals surface area contributed by atoms with Crippen LogP contribution < -0.4 is 11.1 Å². The minimum absolute atomic E-state index is 0.125. The summed E-state index contributed by atoms with van der Waals surface area (Å²) in [6.07, 6.45) is 1.00. The van der Waals surface area contributed by atoms with E-state index in [0.29, 0.717) is 18.2 Å². The molecular formula is C15H22FN3O. The smallest absolute Gasteiger partial charge is 0.238 e. The lowest BCUT2D eigenvalue weighted by Crippen LogP contribution is -2.48. The average molecular weight is 279 g/mol. The summed E-state index contributed by atoms with van der Waals surface area (Å²) in [5.41, 5.74) is 7.35. The van der Waals surface area contributed by atoms with Gasteiger partial charge in [-0.15, -0.1) is 0 Å². The molecule has 1 heterocycles. The Kier molecular flexibility index (Phi) is 4.73. The number of nitrogens with zero attached hydrogens (tertiary/aromatic N) is 1. The van der Waals surface area contributed by atoms with Gasteiger partial charge in [0.05, 0.1) is 6.54 Å². The largest absolute Gasteiger partial charge is 0.327 e. The zero-order chi connectivity index (χ0) is 14.7. The lowest BCUT2D eigenvalue weighted by Gasteiger charge is -2.34. The number of carbonyl (C=O) groups excluding carboxylic acids is 1. The Labute approximate surface area is 119 Å². The lowest BCUT2D eigenvalue weighted by atomic mass is 9.97. The summed E-state index contributed by atoms with van der Waals surface area (Å²) < 4.78 is 13.2. The summed E-state index contributed by atoms with van der Waals surface area (Å²) in [6.45, 7) is 5.89. The third-order valence-corrected chi connectivity index (χ3v) is 3.61. The summed E-state index contributed by atoms with van der Waals surface area (Å²) in [5, 5.41) is 2.77. The number of nitrogens with two attached hydrogens (primary N) is 1. The number of hydrogen-bond donors (Lipinski definition) is 2. The molecule has 1 aliphatic rings. The Hall–Kier alpha value is -1.46. The van der Waals surface area contributed by atoms with E-state index in [9.17, 15) is 9.18 Å². The molecule has 1 saturated heterocycles. The number of hydrogen-bond acceptors (Lipinski definition) is 3. The molecule has 5 heteroatoms. The summed E-state index contributed by atoms with van der Waals surface area (Å²) in [6, 6.07) is 4.51. The van der Waals surface area contributed by atoms with E-state index in [0.717, 1.165) is 25.1 Å². The number of halogens is 1. The number of rotatable bonds is 3. The van der Waals surface area contributed by atoms with Gasteiger partial charge in [0.25, 0.3) is 0 Å².